The van der Waals surface area contributed by atoms with Crippen LogP contribution in [0.25, 0.3) is 17.0 Å². The van der Waals surface area contributed by atoms with Gasteiger partial charge in [-0.3, -0.25) is 0 Å². The standard InChI is InChI=1S/C17H14N4O3S/c1-2-25(23,24)11-4-6-14-12(9-11)13(17(22)18-14)7-10-3-5-15-16(8-10)20-21-19-15/h3-9,18,22H,2H2,1H3/b10-7+. The monoisotopic (exact) mass is 354 g/mol. The molecular weight excluding hydrogens is 340 g/mol. The maximum absolute atomic E-state index is 12.1. The number of benzene rings is 2. The Morgan fingerprint density at radius 1 is 1.20 bits per heavy atom. The van der Waals surface area contributed by atoms with Gasteiger partial charge in [0.15, 0.2) is 15.7 Å². The molecule has 0 aliphatic carbocycles. The Labute approximate surface area is 143 Å². The second-order valence-electron chi connectivity index (χ2n) is 5.68. The third-order valence-corrected chi connectivity index (χ3v) is 5.88. The number of aromatic nitrogens is 1. The lowest BCUT2D eigenvalue weighted by atomic mass is 10.1. The Morgan fingerprint density at radius 3 is 2.84 bits per heavy atom. The van der Waals surface area contributed by atoms with Crippen LogP contribution < -0.4 is 10.6 Å². The van der Waals surface area contributed by atoms with E-state index < -0.39 is 9.84 Å². The van der Waals surface area contributed by atoms with Crippen molar-refractivity contribution >= 4 is 32.5 Å². The first-order valence-electron chi connectivity index (χ1n) is 7.66. The number of fused-ring (bicyclic) bond motifs is 2. The first-order chi connectivity index (χ1) is 12.0. The van der Waals surface area contributed by atoms with E-state index in [0.717, 1.165) is 5.22 Å². The molecule has 0 fully saturated rings. The summed E-state index contributed by atoms with van der Waals surface area (Å²) in [7, 11) is -3.33. The van der Waals surface area contributed by atoms with E-state index in [1.165, 1.54) is 6.07 Å². The van der Waals surface area contributed by atoms with Crippen LogP contribution in [-0.4, -0.2) is 24.3 Å². The predicted molar refractivity (Wildman–Crippen MR) is 93.0 cm³/mol. The highest BCUT2D eigenvalue weighted by atomic mass is 32.2. The third-order valence-electron chi connectivity index (χ3n) is 4.14. The normalized spacial score (nSPS) is 14.0. The molecule has 8 heteroatoms. The summed E-state index contributed by atoms with van der Waals surface area (Å²) in [6.45, 7) is 1.60. The van der Waals surface area contributed by atoms with Crippen molar-refractivity contribution in [3.05, 3.63) is 52.5 Å². The van der Waals surface area contributed by atoms with Gasteiger partial charge in [-0.2, -0.15) is 0 Å². The molecule has 2 heterocycles. The van der Waals surface area contributed by atoms with E-state index in [-0.39, 0.29) is 16.5 Å². The van der Waals surface area contributed by atoms with Gasteiger partial charge in [0.05, 0.1) is 10.6 Å². The summed E-state index contributed by atoms with van der Waals surface area (Å²) in [5, 5.41) is 23.8. The average Bonchev–Trinajstić information content (AvgIpc) is 3.19. The van der Waals surface area contributed by atoms with Crippen molar-refractivity contribution in [3.8, 4) is 5.88 Å². The van der Waals surface area contributed by atoms with Crippen LogP contribution in [0, 0.1) is 0 Å². The number of aromatic amines is 1. The minimum atomic E-state index is -3.33. The van der Waals surface area contributed by atoms with Gasteiger partial charge < -0.3 is 10.1 Å². The molecule has 1 aliphatic rings. The maximum Gasteiger partial charge on any atom is 0.196 e. The van der Waals surface area contributed by atoms with E-state index in [9.17, 15) is 13.5 Å². The number of nitrogens with zero attached hydrogens (tertiary/aromatic N) is 3. The Bertz CT molecular complexity index is 1260. The number of hydrogen-bond acceptors (Lipinski definition) is 6. The number of rotatable bonds is 3. The van der Waals surface area contributed by atoms with Gasteiger partial charge in [-0.1, -0.05) is 13.0 Å². The van der Waals surface area contributed by atoms with Crippen molar-refractivity contribution in [1.82, 2.24) is 4.98 Å². The SMILES string of the molecule is CCS(=O)(=O)c1ccc2[nH]c(O)c(/C=c3\ccc4c(c3)N=NN=4)c2c1. The lowest BCUT2D eigenvalue weighted by Gasteiger charge is -2.01. The highest BCUT2D eigenvalue weighted by Gasteiger charge is 2.15. The van der Waals surface area contributed by atoms with Gasteiger partial charge in [-0.05, 0) is 46.8 Å². The summed E-state index contributed by atoms with van der Waals surface area (Å²) in [5.74, 6) is 0.000615. The Balaban J connectivity index is 1.94. The molecule has 2 aromatic carbocycles. The van der Waals surface area contributed by atoms with Gasteiger partial charge in [-0.25, -0.2) is 8.42 Å². The van der Waals surface area contributed by atoms with Gasteiger partial charge >= 0.3 is 0 Å². The van der Waals surface area contributed by atoms with Crippen molar-refractivity contribution in [3.63, 3.8) is 0 Å². The third kappa shape index (κ3) is 2.60. The zero-order chi connectivity index (χ0) is 17.6. The molecule has 1 aromatic heterocycles. The highest BCUT2D eigenvalue weighted by molar-refractivity contribution is 7.91. The van der Waals surface area contributed by atoms with E-state index in [4.69, 9.17) is 0 Å². The quantitative estimate of drug-likeness (QED) is 0.752. The molecule has 0 amide bonds. The highest BCUT2D eigenvalue weighted by Crippen LogP contribution is 2.30. The molecule has 126 valence electrons. The van der Waals surface area contributed by atoms with Crippen LogP contribution in [0.15, 0.2) is 56.7 Å². The molecular formula is C17H14N4O3S. The van der Waals surface area contributed by atoms with Crippen LogP contribution in [0.1, 0.15) is 12.5 Å². The van der Waals surface area contributed by atoms with Crippen molar-refractivity contribution < 1.29 is 13.5 Å². The molecule has 25 heavy (non-hydrogen) atoms. The lowest BCUT2D eigenvalue weighted by Crippen LogP contribution is -2.06. The average molecular weight is 354 g/mol. The fourth-order valence-electron chi connectivity index (χ4n) is 2.76. The molecule has 0 saturated heterocycles. The van der Waals surface area contributed by atoms with E-state index >= 15 is 0 Å². The molecule has 0 atom stereocenters. The van der Waals surface area contributed by atoms with E-state index in [1.807, 2.05) is 6.07 Å². The summed E-state index contributed by atoms with van der Waals surface area (Å²) in [6, 6.07) is 10.2. The first kappa shape index (κ1) is 15.5. The summed E-state index contributed by atoms with van der Waals surface area (Å²) in [6.07, 6.45) is 1.77. The van der Waals surface area contributed by atoms with Crippen LogP contribution in [-0.2, 0) is 9.84 Å². The van der Waals surface area contributed by atoms with Crippen molar-refractivity contribution in [2.45, 2.75) is 11.8 Å². The molecule has 2 N–H and O–H groups in total. The molecule has 0 spiro atoms. The first-order valence-corrected chi connectivity index (χ1v) is 9.31. The molecule has 0 radical (unpaired) electrons. The maximum atomic E-state index is 12.1. The van der Waals surface area contributed by atoms with E-state index in [1.54, 1.807) is 37.3 Å². The van der Waals surface area contributed by atoms with Crippen LogP contribution in [0.5, 0.6) is 5.88 Å². The van der Waals surface area contributed by atoms with Crippen molar-refractivity contribution in [1.29, 1.82) is 0 Å². The summed E-state index contributed by atoms with van der Waals surface area (Å²) in [4.78, 5) is 3.10. The molecule has 0 unspecified atom stereocenters. The topological polar surface area (TPSA) is 107 Å². The van der Waals surface area contributed by atoms with Crippen LogP contribution in [0.2, 0.25) is 0 Å². The number of sulfone groups is 1. The fourth-order valence-corrected chi connectivity index (χ4v) is 3.67. The van der Waals surface area contributed by atoms with Crippen molar-refractivity contribution in [2.75, 3.05) is 5.75 Å². The Hall–Kier alpha value is -3.00. The number of H-pyrrole nitrogens is 1. The lowest BCUT2D eigenvalue weighted by molar-refractivity contribution is 0.457. The molecule has 1 aliphatic heterocycles. The van der Waals surface area contributed by atoms with Crippen molar-refractivity contribution in [2.24, 2.45) is 15.4 Å². The zero-order valence-corrected chi connectivity index (χ0v) is 14.1. The van der Waals surface area contributed by atoms with Gasteiger partial charge in [0.2, 0.25) is 0 Å². The molecule has 4 rings (SSSR count). The number of aromatic hydroxyl groups is 1. The summed E-state index contributed by atoms with van der Waals surface area (Å²) < 4.78 is 24.3. The zero-order valence-electron chi connectivity index (χ0n) is 13.3. The minimum Gasteiger partial charge on any atom is -0.494 e. The predicted octanol–water partition coefficient (Wildman–Crippen LogP) is 2.13. The van der Waals surface area contributed by atoms with Gasteiger partial charge in [0, 0.05) is 16.5 Å². The molecule has 7 nitrogen and oxygen atoms in total. The van der Waals surface area contributed by atoms with Crippen LogP contribution in [0.4, 0.5) is 5.69 Å². The summed E-state index contributed by atoms with van der Waals surface area (Å²) in [5.41, 5.74) is 1.84. The second kappa shape index (κ2) is 5.52. The summed E-state index contributed by atoms with van der Waals surface area (Å²) >= 11 is 0. The van der Waals surface area contributed by atoms with Gasteiger partial charge in [0.1, 0.15) is 11.0 Å². The minimum absolute atomic E-state index is 0.0205. The Kier molecular flexibility index (Phi) is 3.43. The molecule has 3 aromatic rings. The van der Waals surface area contributed by atoms with E-state index in [2.05, 4.69) is 20.4 Å². The number of hydrogen-bond donors (Lipinski definition) is 2. The fraction of sp³-hybridized carbons (Fsp3) is 0.118. The van der Waals surface area contributed by atoms with Gasteiger partial charge in [0.25, 0.3) is 0 Å². The largest absolute Gasteiger partial charge is 0.494 e. The molecule has 0 bridgehead atoms. The smallest absolute Gasteiger partial charge is 0.196 e. The number of nitrogens with one attached hydrogen (secondary N) is 1. The van der Waals surface area contributed by atoms with Crippen LogP contribution in [0.3, 0.4) is 0 Å². The van der Waals surface area contributed by atoms with E-state index in [0.29, 0.717) is 27.5 Å². The van der Waals surface area contributed by atoms with Crippen LogP contribution >= 0.6 is 0 Å². The Morgan fingerprint density at radius 2 is 2.04 bits per heavy atom. The van der Waals surface area contributed by atoms with Gasteiger partial charge in [-0.15, -0.1) is 10.2 Å². The molecule has 0 saturated carbocycles. The second-order valence-corrected chi connectivity index (χ2v) is 7.96.